The number of nitrogens with one attached hydrogen (secondary N) is 1. The molecule has 0 bridgehead atoms. The van der Waals surface area contributed by atoms with Crippen LogP contribution >= 0.6 is 11.3 Å². The fraction of sp³-hybridized carbons (Fsp3) is 0.250. The number of hydrogen-bond acceptors (Lipinski definition) is 3. The maximum Gasteiger partial charge on any atom is 0.229 e. The predicted octanol–water partition coefficient (Wildman–Crippen LogP) is 2.84. The highest BCUT2D eigenvalue weighted by atomic mass is 32.1. The van der Waals surface area contributed by atoms with E-state index in [0.29, 0.717) is 6.42 Å². The molecule has 0 saturated carbocycles. The summed E-state index contributed by atoms with van der Waals surface area (Å²) in [6, 6.07) is 9.65. The van der Waals surface area contributed by atoms with Gasteiger partial charge in [-0.2, -0.15) is 0 Å². The molecule has 0 spiro atoms. The Morgan fingerprint density at radius 2 is 2.19 bits per heavy atom. The van der Waals surface area contributed by atoms with Crippen LogP contribution in [0, 0.1) is 0 Å². The van der Waals surface area contributed by atoms with Gasteiger partial charge in [-0.1, -0.05) is 12.1 Å². The number of thiophene rings is 1. The van der Waals surface area contributed by atoms with E-state index in [1.807, 2.05) is 35.7 Å². The molecule has 0 radical (unpaired) electrons. The maximum atomic E-state index is 12.0. The summed E-state index contributed by atoms with van der Waals surface area (Å²) < 4.78 is 0. The number of hydrogen-bond donors (Lipinski definition) is 1. The summed E-state index contributed by atoms with van der Waals surface area (Å²) in [6.07, 6.45) is 1.25. The SMILES string of the molecule is CC(=O)N1CCc2ccc(NC(=O)Cc3cccs3)cc21. The number of carbonyl (C=O) groups is 2. The molecule has 4 nitrogen and oxygen atoms in total. The molecule has 5 heteroatoms. The molecule has 1 aliphatic rings. The van der Waals surface area contributed by atoms with Gasteiger partial charge in [0.25, 0.3) is 0 Å². The van der Waals surface area contributed by atoms with Crippen LogP contribution in [0.4, 0.5) is 11.4 Å². The van der Waals surface area contributed by atoms with Gasteiger partial charge in [-0.05, 0) is 35.6 Å². The van der Waals surface area contributed by atoms with Crippen molar-refractivity contribution in [2.75, 3.05) is 16.8 Å². The second-order valence-electron chi connectivity index (χ2n) is 5.07. The first kappa shape index (κ1) is 13.8. The lowest BCUT2D eigenvalue weighted by atomic mass is 10.1. The Hall–Kier alpha value is -2.14. The van der Waals surface area contributed by atoms with Gasteiger partial charge in [-0.25, -0.2) is 0 Å². The summed E-state index contributed by atoms with van der Waals surface area (Å²) in [6.45, 7) is 2.29. The molecule has 0 saturated heterocycles. The Morgan fingerprint density at radius 3 is 2.90 bits per heavy atom. The Bertz CT molecular complexity index is 680. The van der Waals surface area contributed by atoms with Crippen molar-refractivity contribution in [3.63, 3.8) is 0 Å². The predicted molar refractivity (Wildman–Crippen MR) is 84.8 cm³/mol. The minimum Gasteiger partial charge on any atom is -0.326 e. The molecule has 2 heterocycles. The van der Waals surface area contributed by atoms with Gasteiger partial charge < -0.3 is 10.2 Å². The Morgan fingerprint density at radius 1 is 1.33 bits per heavy atom. The van der Waals surface area contributed by atoms with Crippen molar-refractivity contribution in [3.8, 4) is 0 Å². The number of amides is 2. The first-order valence-corrected chi connectivity index (χ1v) is 7.75. The van der Waals surface area contributed by atoms with Gasteiger partial charge in [0.05, 0.1) is 6.42 Å². The van der Waals surface area contributed by atoms with Crippen molar-refractivity contribution in [1.82, 2.24) is 0 Å². The topological polar surface area (TPSA) is 49.4 Å². The lowest BCUT2D eigenvalue weighted by molar-refractivity contribution is -0.116. The van der Waals surface area contributed by atoms with E-state index in [-0.39, 0.29) is 11.8 Å². The summed E-state index contributed by atoms with van der Waals surface area (Å²) in [7, 11) is 0. The lowest BCUT2D eigenvalue weighted by Crippen LogP contribution is -2.25. The molecular formula is C16H16N2O2S. The number of anilines is 2. The average Bonchev–Trinajstić information content (AvgIpc) is 3.06. The molecule has 21 heavy (non-hydrogen) atoms. The van der Waals surface area contributed by atoms with Crippen molar-refractivity contribution in [2.45, 2.75) is 19.8 Å². The van der Waals surface area contributed by atoms with Crippen LogP contribution in [0.25, 0.3) is 0 Å². The second kappa shape index (κ2) is 5.69. The highest BCUT2D eigenvalue weighted by Crippen LogP contribution is 2.30. The van der Waals surface area contributed by atoms with Crippen LogP contribution in [0.15, 0.2) is 35.7 Å². The Labute approximate surface area is 127 Å². The van der Waals surface area contributed by atoms with E-state index >= 15 is 0 Å². The van der Waals surface area contributed by atoms with Crippen LogP contribution < -0.4 is 10.2 Å². The standard InChI is InChI=1S/C16H16N2O2S/c1-11(19)18-7-6-12-4-5-13(9-15(12)18)17-16(20)10-14-3-2-8-21-14/h2-5,8-9H,6-7,10H2,1H3,(H,17,20). The van der Waals surface area contributed by atoms with Crippen LogP contribution in [0.5, 0.6) is 0 Å². The van der Waals surface area contributed by atoms with Crippen molar-refractivity contribution >= 4 is 34.5 Å². The molecule has 2 amide bonds. The van der Waals surface area contributed by atoms with Crippen molar-refractivity contribution in [3.05, 3.63) is 46.2 Å². The maximum absolute atomic E-state index is 12.0. The highest BCUT2D eigenvalue weighted by Gasteiger charge is 2.22. The summed E-state index contributed by atoms with van der Waals surface area (Å²) >= 11 is 1.57. The third kappa shape index (κ3) is 2.97. The van der Waals surface area contributed by atoms with E-state index in [2.05, 4.69) is 5.32 Å². The van der Waals surface area contributed by atoms with E-state index in [4.69, 9.17) is 0 Å². The quantitative estimate of drug-likeness (QED) is 0.947. The van der Waals surface area contributed by atoms with Gasteiger partial charge in [0.15, 0.2) is 0 Å². The van der Waals surface area contributed by atoms with Gasteiger partial charge >= 0.3 is 0 Å². The van der Waals surface area contributed by atoms with Crippen LogP contribution in [-0.4, -0.2) is 18.4 Å². The van der Waals surface area contributed by atoms with Crippen LogP contribution in [0.3, 0.4) is 0 Å². The van der Waals surface area contributed by atoms with E-state index < -0.39 is 0 Å². The molecule has 0 atom stereocenters. The Kier molecular flexibility index (Phi) is 3.75. The van der Waals surface area contributed by atoms with E-state index in [1.165, 1.54) is 0 Å². The minimum absolute atomic E-state index is 0.0372. The first-order chi connectivity index (χ1) is 10.1. The van der Waals surface area contributed by atoms with Crippen molar-refractivity contribution < 1.29 is 9.59 Å². The molecule has 0 fully saturated rings. The lowest BCUT2D eigenvalue weighted by Gasteiger charge is -2.15. The largest absolute Gasteiger partial charge is 0.326 e. The zero-order valence-corrected chi connectivity index (χ0v) is 12.6. The molecule has 1 aliphatic heterocycles. The average molecular weight is 300 g/mol. The first-order valence-electron chi connectivity index (χ1n) is 6.87. The van der Waals surface area contributed by atoms with Crippen LogP contribution in [0.2, 0.25) is 0 Å². The molecule has 108 valence electrons. The van der Waals surface area contributed by atoms with Gasteiger partial charge in [0, 0.05) is 29.7 Å². The van der Waals surface area contributed by atoms with Crippen LogP contribution in [0.1, 0.15) is 17.4 Å². The van der Waals surface area contributed by atoms with Gasteiger partial charge in [-0.3, -0.25) is 9.59 Å². The summed E-state index contributed by atoms with van der Waals surface area (Å²) in [4.78, 5) is 26.4. The fourth-order valence-electron chi connectivity index (χ4n) is 2.56. The zero-order valence-electron chi connectivity index (χ0n) is 11.8. The monoisotopic (exact) mass is 300 g/mol. The molecule has 1 N–H and O–H groups in total. The van der Waals surface area contributed by atoms with Gasteiger partial charge in [0.1, 0.15) is 0 Å². The van der Waals surface area contributed by atoms with E-state index in [9.17, 15) is 9.59 Å². The zero-order chi connectivity index (χ0) is 14.8. The molecule has 2 aromatic rings. The highest BCUT2D eigenvalue weighted by molar-refractivity contribution is 7.10. The van der Waals surface area contributed by atoms with Gasteiger partial charge in [0.2, 0.25) is 11.8 Å². The van der Waals surface area contributed by atoms with Crippen molar-refractivity contribution in [2.24, 2.45) is 0 Å². The molecule has 0 unspecified atom stereocenters. The fourth-order valence-corrected chi connectivity index (χ4v) is 3.26. The number of rotatable bonds is 3. The summed E-state index contributed by atoms with van der Waals surface area (Å²) in [5.41, 5.74) is 2.81. The summed E-state index contributed by atoms with van der Waals surface area (Å²) in [5, 5.41) is 4.86. The molecular weight excluding hydrogens is 284 g/mol. The molecule has 1 aromatic heterocycles. The van der Waals surface area contributed by atoms with Crippen LogP contribution in [-0.2, 0) is 22.4 Å². The number of fused-ring (bicyclic) bond motifs is 1. The normalized spacial score (nSPS) is 13.1. The molecule has 3 rings (SSSR count). The second-order valence-corrected chi connectivity index (χ2v) is 6.10. The third-order valence-electron chi connectivity index (χ3n) is 3.56. The third-order valence-corrected chi connectivity index (χ3v) is 4.44. The van der Waals surface area contributed by atoms with Crippen molar-refractivity contribution in [1.29, 1.82) is 0 Å². The summed E-state index contributed by atoms with van der Waals surface area (Å²) in [5.74, 6) is 0.000541. The molecule has 0 aliphatic carbocycles. The number of benzene rings is 1. The number of nitrogens with zero attached hydrogens (tertiary/aromatic N) is 1. The molecule has 1 aromatic carbocycles. The van der Waals surface area contributed by atoms with E-state index in [1.54, 1.807) is 23.2 Å². The Balaban J connectivity index is 1.73. The number of carbonyl (C=O) groups excluding carboxylic acids is 2. The van der Waals surface area contributed by atoms with Gasteiger partial charge in [-0.15, -0.1) is 11.3 Å². The van der Waals surface area contributed by atoms with E-state index in [0.717, 1.165) is 34.8 Å². The minimum atomic E-state index is -0.0372. The smallest absolute Gasteiger partial charge is 0.229 e.